The van der Waals surface area contributed by atoms with Crippen LogP contribution in [0.4, 0.5) is 0 Å². The molecule has 38 heavy (non-hydrogen) atoms. The molecule has 0 amide bonds. The number of benzene rings is 8. The van der Waals surface area contributed by atoms with Gasteiger partial charge in [-0.15, -0.1) is 0 Å². The van der Waals surface area contributed by atoms with Crippen LogP contribution in [0.25, 0.3) is 76.1 Å². The molecule has 0 fully saturated rings. The lowest BCUT2D eigenvalue weighted by Gasteiger charge is -2.14. The van der Waals surface area contributed by atoms with E-state index in [1.165, 1.54) is 76.1 Å². The van der Waals surface area contributed by atoms with Gasteiger partial charge < -0.3 is 0 Å². The average molecular weight is 481 g/mol. The summed E-state index contributed by atoms with van der Waals surface area (Å²) in [4.78, 5) is 0. The Morgan fingerprint density at radius 3 is 1.21 bits per heavy atom. The van der Waals surface area contributed by atoms with Gasteiger partial charge in [0.05, 0.1) is 0 Å². The zero-order chi connectivity index (χ0) is 25.1. The number of hydrogen-bond donors (Lipinski definition) is 0. The van der Waals surface area contributed by atoms with Crippen LogP contribution in [0.1, 0.15) is 0 Å². The average Bonchev–Trinajstić information content (AvgIpc) is 2.99. The van der Waals surface area contributed by atoms with Crippen molar-refractivity contribution in [1.82, 2.24) is 0 Å². The summed E-state index contributed by atoms with van der Waals surface area (Å²) in [6.07, 6.45) is 0. The molecule has 0 bridgehead atoms. The Morgan fingerprint density at radius 2 is 0.632 bits per heavy atom. The second-order valence-electron chi connectivity index (χ2n) is 10.2. The summed E-state index contributed by atoms with van der Waals surface area (Å²) in [6, 6.07) is 53.4. The number of fused-ring (bicyclic) bond motifs is 7. The molecule has 0 heterocycles. The van der Waals surface area contributed by atoms with Crippen molar-refractivity contribution < 1.29 is 0 Å². The quantitative estimate of drug-likeness (QED) is 0.170. The normalized spacial score (nSPS) is 11.7. The molecular formula is C38H24. The first-order chi connectivity index (χ1) is 18.8. The smallest absolute Gasteiger partial charge is 0.00926 e. The lowest BCUT2D eigenvalue weighted by molar-refractivity contribution is 1.64. The van der Waals surface area contributed by atoms with Crippen LogP contribution in [0.3, 0.4) is 0 Å². The van der Waals surface area contributed by atoms with Crippen LogP contribution in [0.2, 0.25) is 0 Å². The fourth-order valence-corrected chi connectivity index (χ4v) is 6.15. The highest BCUT2D eigenvalue weighted by atomic mass is 14.2. The van der Waals surface area contributed by atoms with Crippen molar-refractivity contribution in [1.29, 1.82) is 0 Å². The van der Waals surface area contributed by atoms with E-state index in [4.69, 9.17) is 0 Å². The molecule has 8 aromatic carbocycles. The van der Waals surface area contributed by atoms with E-state index in [-0.39, 0.29) is 0 Å². The first kappa shape index (κ1) is 21.2. The maximum absolute atomic E-state index is 2.36. The number of hydrogen-bond acceptors (Lipinski definition) is 0. The molecule has 0 N–H and O–H groups in total. The molecule has 176 valence electrons. The van der Waals surface area contributed by atoms with Crippen LogP contribution in [0.5, 0.6) is 0 Å². The Hall–Kier alpha value is -4.94. The van der Waals surface area contributed by atoms with Crippen LogP contribution in [0.15, 0.2) is 146 Å². The molecule has 0 heteroatoms. The van der Waals surface area contributed by atoms with Gasteiger partial charge in [0, 0.05) is 0 Å². The molecule has 0 saturated carbocycles. The summed E-state index contributed by atoms with van der Waals surface area (Å²) in [5, 5.41) is 12.9. The van der Waals surface area contributed by atoms with E-state index >= 15 is 0 Å². The Morgan fingerprint density at radius 1 is 0.237 bits per heavy atom. The summed E-state index contributed by atoms with van der Waals surface area (Å²) in [5.41, 5.74) is 5.04. The molecule has 0 spiro atoms. The van der Waals surface area contributed by atoms with Gasteiger partial charge >= 0.3 is 0 Å². The first-order valence-electron chi connectivity index (χ1n) is 13.2. The summed E-state index contributed by atoms with van der Waals surface area (Å²) < 4.78 is 0. The van der Waals surface area contributed by atoms with Crippen LogP contribution in [-0.4, -0.2) is 0 Å². The Balaban J connectivity index is 1.35. The summed E-state index contributed by atoms with van der Waals surface area (Å²) in [7, 11) is 0. The van der Waals surface area contributed by atoms with E-state index in [0.717, 1.165) is 0 Å². The van der Waals surface area contributed by atoms with Gasteiger partial charge in [-0.1, -0.05) is 121 Å². The lowest BCUT2D eigenvalue weighted by Crippen LogP contribution is -1.87. The van der Waals surface area contributed by atoms with E-state index in [1.807, 2.05) is 0 Å². The SMILES string of the molecule is c1ccc2cc3c(cc2c1)c(-c1ccc(-c2cc4ccccc4c4ccccc24)cc1)cc1ccccc13. The van der Waals surface area contributed by atoms with Crippen molar-refractivity contribution >= 4 is 53.9 Å². The molecule has 0 nitrogen and oxygen atoms in total. The van der Waals surface area contributed by atoms with Crippen molar-refractivity contribution in [3.8, 4) is 22.3 Å². The van der Waals surface area contributed by atoms with Crippen molar-refractivity contribution in [2.24, 2.45) is 0 Å². The second kappa shape index (κ2) is 8.30. The van der Waals surface area contributed by atoms with Gasteiger partial charge in [0.25, 0.3) is 0 Å². The first-order valence-corrected chi connectivity index (χ1v) is 13.2. The standard InChI is InChI=1S/C38H24/c1-2-10-28-22-38-36(24-30-12-4-6-14-32(30)37(38)21-27(28)9-1)26-19-17-25(18-20-26)35-23-29-11-3-5-13-31(29)33-15-7-8-16-34(33)35/h1-24H. The second-order valence-corrected chi connectivity index (χ2v) is 10.2. The Bertz CT molecular complexity index is 2160. The third-order valence-corrected chi connectivity index (χ3v) is 8.00. The van der Waals surface area contributed by atoms with Gasteiger partial charge in [0.2, 0.25) is 0 Å². The third kappa shape index (κ3) is 3.24. The molecule has 0 aliphatic carbocycles. The van der Waals surface area contributed by atoms with E-state index in [1.54, 1.807) is 0 Å². The van der Waals surface area contributed by atoms with Gasteiger partial charge in [-0.25, -0.2) is 0 Å². The maximum atomic E-state index is 2.36. The van der Waals surface area contributed by atoms with Crippen molar-refractivity contribution in [2.45, 2.75) is 0 Å². The molecule has 0 unspecified atom stereocenters. The molecule has 8 aromatic rings. The molecule has 0 aliphatic heterocycles. The van der Waals surface area contributed by atoms with E-state index in [9.17, 15) is 0 Å². The summed E-state index contributed by atoms with van der Waals surface area (Å²) in [6.45, 7) is 0. The van der Waals surface area contributed by atoms with Crippen molar-refractivity contribution in [3.05, 3.63) is 146 Å². The largest absolute Gasteiger partial charge is 0.0616 e. The van der Waals surface area contributed by atoms with Gasteiger partial charge in [0.1, 0.15) is 0 Å². The zero-order valence-electron chi connectivity index (χ0n) is 20.9. The Kier molecular flexibility index (Phi) is 4.62. The molecule has 0 aliphatic rings. The van der Waals surface area contributed by atoms with E-state index in [0.29, 0.717) is 0 Å². The molecular weight excluding hydrogens is 456 g/mol. The Labute approximate surface area is 221 Å². The van der Waals surface area contributed by atoms with E-state index in [2.05, 4.69) is 146 Å². The minimum Gasteiger partial charge on any atom is -0.0616 e. The topological polar surface area (TPSA) is 0 Å². The van der Waals surface area contributed by atoms with Crippen LogP contribution in [-0.2, 0) is 0 Å². The molecule has 0 atom stereocenters. The minimum atomic E-state index is 1.24. The summed E-state index contributed by atoms with van der Waals surface area (Å²) >= 11 is 0. The minimum absolute atomic E-state index is 1.24. The van der Waals surface area contributed by atoms with Gasteiger partial charge in [0.15, 0.2) is 0 Å². The predicted octanol–water partition coefficient (Wildman–Crippen LogP) is 10.8. The molecule has 0 radical (unpaired) electrons. The number of rotatable bonds is 2. The van der Waals surface area contributed by atoms with Crippen LogP contribution in [0, 0.1) is 0 Å². The highest BCUT2D eigenvalue weighted by molar-refractivity contribution is 6.18. The van der Waals surface area contributed by atoms with Gasteiger partial charge in [-0.2, -0.15) is 0 Å². The molecule has 0 aromatic heterocycles. The maximum Gasteiger partial charge on any atom is -0.00926 e. The molecule has 0 saturated heterocycles. The van der Waals surface area contributed by atoms with Crippen LogP contribution >= 0.6 is 0 Å². The summed E-state index contributed by atoms with van der Waals surface area (Å²) in [5.74, 6) is 0. The third-order valence-electron chi connectivity index (χ3n) is 8.00. The zero-order valence-corrected chi connectivity index (χ0v) is 20.9. The lowest BCUT2D eigenvalue weighted by atomic mass is 9.89. The van der Waals surface area contributed by atoms with Gasteiger partial charge in [-0.05, 0) is 100 Å². The monoisotopic (exact) mass is 480 g/mol. The van der Waals surface area contributed by atoms with Crippen LogP contribution < -0.4 is 0 Å². The van der Waals surface area contributed by atoms with Crippen molar-refractivity contribution in [2.75, 3.05) is 0 Å². The van der Waals surface area contributed by atoms with Crippen molar-refractivity contribution in [3.63, 3.8) is 0 Å². The fraction of sp³-hybridized carbons (Fsp3) is 0. The highest BCUT2D eigenvalue weighted by Crippen LogP contribution is 2.39. The predicted molar refractivity (Wildman–Crippen MR) is 165 cm³/mol. The fourth-order valence-electron chi connectivity index (χ4n) is 6.15. The highest BCUT2D eigenvalue weighted by Gasteiger charge is 2.12. The molecule has 8 rings (SSSR count). The van der Waals surface area contributed by atoms with Gasteiger partial charge in [-0.3, -0.25) is 0 Å². The van der Waals surface area contributed by atoms with E-state index < -0.39 is 0 Å².